The molecule has 4 rings (SSSR count). The number of benzene rings is 2. The van der Waals surface area contributed by atoms with Crippen LogP contribution in [0.4, 0.5) is 16.5 Å². The zero-order valence-corrected chi connectivity index (χ0v) is 21.4. The van der Waals surface area contributed by atoms with Crippen molar-refractivity contribution in [2.24, 2.45) is 5.92 Å². The van der Waals surface area contributed by atoms with E-state index in [2.05, 4.69) is 86.9 Å². The van der Waals surface area contributed by atoms with Gasteiger partial charge in [-0.3, -0.25) is 9.69 Å². The Hall–Kier alpha value is -2.62. The fourth-order valence-electron chi connectivity index (χ4n) is 3.72. The summed E-state index contributed by atoms with van der Waals surface area (Å²) in [6, 6.07) is 18.8. The van der Waals surface area contributed by atoms with Crippen LogP contribution in [-0.2, 0) is 11.3 Å². The third-order valence-electron chi connectivity index (χ3n) is 5.53. The molecule has 1 aromatic heterocycles. The number of rotatable bonds is 10. The average Bonchev–Trinajstić information content (AvgIpc) is 3.31. The van der Waals surface area contributed by atoms with Crippen LogP contribution in [0.5, 0.6) is 0 Å². The number of aromatic nitrogens is 2. The second kappa shape index (κ2) is 12.2. The summed E-state index contributed by atoms with van der Waals surface area (Å²) in [6.07, 6.45) is 0. The van der Waals surface area contributed by atoms with Crippen LogP contribution in [0.2, 0.25) is 0 Å². The van der Waals surface area contributed by atoms with Gasteiger partial charge in [0.2, 0.25) is 11.0 Å². The molecule has 1 saturated heterocycles. The van der Waals surface area contributed by atoms with Gasteiger partial charge < -0.3 is 15.5 Å². The van der Waals surface area contributed by atoms with Crippen LogP contribution in [0.3, 0.4) is 0 Å². The first kappa shape index (κ1) is 24.5. The minimum absolute atomic E-state index is 0.0424. The van der Waals surface area contributed by atoms with Crippen molar-refractivity contribution in [2.45, 2.75) is 24.7 Å². The Bertz CT molecular complexity index is 1030. The van der Waals surface area contributed by atoms with Gasteiger partial charge in [0.15, 0.2) is 4.34 Å². The van der Waals surface area contributed by atoms with Crippen molar-refractivity contribution in [3.05, 3.63) is 60.2 Å². The van der Waals surface area contributed by atoms with E-state index in [1.807, 2.05) is 12.1 Å². The number of nitrogens with zero attached hydrogens (tertiary/aromatic N) is 4. The number of hydrogen-bond donors (Lipinski definition) is 2. The highest BCUT2D eigenvalue weighted by Crippen LogP contribution is 2.26. The Labute approximate surface area is 210 Å². The van der Waals surface area contributed by atoms with E-state index in [1.165, 1.54) is 34.3 Å². The van der Waals surface area contributed by atoms with Crippen molar-refractivity contribution in [3.63, 3.8) is 0 Å². The zero-order chi connectivity index (χ0) is 23.8. The van der Waals surface area contributed by atoms with Gasteiger partial charge in [0.05, 0.1) is 5.75 Å². The van der Waals surface area contributed by atoms with Crippen LogP contribution < -0.4 is 15.5 Å². The van der Waals surface area contributed by atoms with Gasteiger partial charge in [-0.15, -0.1) is 10.2 Å². The van der Waals surface area contributed by atoms with E-state index >= 15 is 0 Å². The lowest BCUT2D eigenvalue weighted by atomic mass is 10.2. The van der Waals surface area contributed by atoms with E-state index in [1.54, 1.807) is 0 Å². The second-order valence-corrected chi connectivity index (χ2v) is 11.0. The zero-order valence-electron chi connectivity index (χ0n) is 19.7. The molecule has 1 aliphatic rings. The summed E-state index contributed by atoms with van der Waals surface area (Å²) >= 11 is 2.89. The molecule has 0 unspecified atom stereocenters. The molecule has 2 heterocycles. The lowest BCUT2D eigenvalue weighted by Gasteiger charge is -2.36. The lowest BCUT2D eigenvalue weighted by Crippen LogP contribution is -2.45. The average molecular weight is 497 g/mol. The van der Waals surface area contributed by atoms with Gasteiger partial charge in [0.25, 0.3) is 0 Å². The minimum atomic E-state index is -0.0424. The summed E-state index contributed by atoms with van der Waals surface area (Å²) in [5.41, 5.74) is 3.37. The van der Waals surface area contributed by atoms with E-state index < -0.39 is 0 Å². The largest absolute Gasteiger partial charge is 0.369 e. The smallest absolute Gasteiger partial charge is 0.234 e. The quantitative estimate of drug-likeness (QED) is 0.396. The normalized spacial score (nSPS) is 14.4. The monoisotopic (exact) mass is 496 g/mol. The number of nitrogens with one attached hydrogen (secondary N) is 2. The maximum Gasteiger partial charge on any atom is 0.234 e. The molecule has 0 aliphatic carbocycles. The molecule has 0 saturated carbocycles. The minimum Gasteiger partial charge on any atom is -0.369 e. The molecule has 180 valence electrons. The fourth-order valence-corrected chi connectivity index (χ4v) is 5.28. The molecule has 7 nitrogen and oxygen atoms in total. The molecular formula is C25H32N6OS2. The summed E-state index contributed by atoms with van der Waals surface area (Å²) in [7, 11) is 0. The van der Waals surface area contributed by atoms with Gasteiger partial charge in [-0.25, -0.2) is 0 Å². The van der Waals surface area contributed by atoms with Gasteiger partial charge in [0, 0.05) is 50.6 Å². The number of amides is 1. The van der Waals surface area contributed by atoms with Crippen LogP contribution in [-0.4, -0.2) is 59.5 Å². The van der Waals surface area contributed by atoms with Crippen LogP contribution in [0.25, 0.3) is 0 Å². The highest BCUT2D eigenvalue weighted by Gasteiger charge is 2.17. The summed E-state index contributed by atoms with van der Waals surface area (Å²) in [5, 5.41) is 15.3. The SMILES string of the molecule is CC(C)CNc1nnc(SCC(=O)Nc2ccc(N3CCN(Cc4ccccc4)CC3)cc2)s1. The molecule has 1 amide bonds. The van der Waals surface area contributed by atoms with E-state index in [-0.39, 0.29) is 5.91 Å². The van der Waals surface area contributed by atoms with Gasteiger partial charge in [-0.05, 0) is 35.7 Å². The van der Waals surface area contributed by atoms with E-state index in [0.29, 0.717) is 11.7 Å². The number of carbonyl (C=O) groups is 1. The molecule has 3 aromatic rings. The molecular weight excluding hydrogens is 464 g/mol. The van der Waals surface area contributed by atoms with Gasteiger partial charge >= 0.3 is 0 Å². The standard InChI is InChI=1S/C25H32N6OS2/c1-19(2)16-26-24-28-29-25(34-24)33-18-23(32)27-21-8-10-22(11-9-21)31-14-12-30(13-15-31)17-20-6-4-3-5-7-20/h3-11,19H,12-18H2,1-2H3,(H,26,28)(H,27,32). The topological polar surface area (TPSA) is 73.4 Å². The number of thioether (sulfide) groups is 1. The molecule has 0 atom stereocenters. The third kappa shape index (κ3) is 7.44. The molecule has 1 fully saturated rings. The Kier molecular flexibility index (Phi) is 8.79. The fraction of sp³-hybridized carbons (Fsp3) is 0.400. The molecule has 0 spiro atoms. The highest BCUT2D eigenvalue weighted by molar-refractivity contribution is 8.01. The first-order valence-corrected chi connectivity index (χ1v) is 13.5. The summed E-state index contributed by atoms with van der Waals surface area (Å²) < 4.78 is 0.795. The number of anilines is 3. The lowest BCUT2D eigenvalue weighted by molar-refractivity contribution is -0.113. The Morgan fingerprint density at radius 1 is 1.03 bits per heavy atom. The summed E-state index contributed by atoms with van der Waals surface area (Å²) in [4.78, 5) is 17.3. The van der Waals surface area contributed by atoms with Crippen molar-refractivity contribution < 1.29 is 4.79 Å². The van der Waals surface area contributed by atoms with Crippen LogP contribution in [0.15, 0.2) is 58.9 Å². The van der Waals surface area contributed by atoms with Crippen LogP contribution >= 0.6 is 23.1 Å². The van der Waals surface area contributed by atoms with E-state index in [4.69, 9.17) is 0 Å². The predicted octanol–water partition coefficient (Wildman–Crippen LogP) is 4.66. The summed E-state index contributed by atoms with van der Waals surface area (Å²) in [6.45, 7) is 10.3. The van der Waals surface area contributed by atoms with E-state index in [9.17, 15) is 4.79 Å². The second-order valence-electron chi connectivity index (χ2n) is 8.78. The maximum absolute atomic E-state index is 12.4. The first-order chi connectivity index (χ1) is 16.5. The van der Waals surface area contributed by atoms with E-state index in [0.717, 1.165) is 54.4 Å². The highest BCUT2D eigenvalue weighted by atomic mass is 32.2. The van der Waals surface area contributed by atoms with Crippen molar-refractivity contribution >= 4 is 45.5 Å². The maximum atomic E-state index is 12.4. The van der Waals surface area contributed by atoms with Crippen LogP contribution in [0.1, 0.15) is 19.4 Å². The molecule has 0 bridgehead atoms. The predicted molar refractivity (Wildman–Crippen MR) is 143 cm³/mol. The van der Waals surface area contributed by atoms with Crippen molar-refractivity contribution in [2.75, 3.05) is 54.0 Å². The number of carbonyl (C=O) groups excluding carboxylic acids is 1. The first-order valence-electron chi connectivity index (χ1n) is 11.7. The third-order valence-corrected chi connectivity index (χ3v) is 7.55. The molecule has 0 radical (unpaired) electrons. The van der Waals surface area contributed by atoms with Crippen molar-refractivity contribution in [1.82, 2.24) is 15.1 Å². The Morgan fingerprint density at radius 2 is 1.76 bits per heavy atom. The van der Waals surface area contributed by atoms with Gasteiger partial charge in [-0.2, -0.15) is 0 Å². The molecule has 34 heavy (non-hydrogen) atoms. The van der Waals surface area contributed by atoms with Crippen molar-refractivity contribution in [1.29, 1.82) is 0 Å². The number of piperazine rings is 1. The molecule has 2 N–H and O–H groups in total. The Balaban J connectivity index is 1.19. The van der Waals surface area contributed by atoms with Gasteiger partial charge in [0.1, 0.15) is 0 Å². The Morgan fingerprint density at radius 3 is 2.47 bits per heavy atom. The molecule has 1 aliphatic heterocycles. The number of hydrogen-bond acceptors (Lipinski definition) is 8. The van der Waals surface area contributed by atoms with Crippen LogP contribution in [0, 0.1) is 5.92 Å². The van der Waals surface area contributed by atoms with Crippen molar-refractivity contribution in [3.8, 4) is 0 Å². The molecule has 9 heteroatoms. The summed E-state index contributed by atoms with van der Waals surface area (Å²) in [5.74, 6) is 0.810. The molecule has 2 aromatic carbocycles. The van der Waals surface area contributed by atoms with Gasteiger partial charge in [-0.1, -0.05) is 67.3 Å².